The van der Waals surface area contributed by atoms with Crippen molar-refractivity contribution in [3.05, 3.63) is 89.2 Å². The third-order valence-electron chi connectivity index (χ3n) is 7.96. The van der Waals surface area contributed by atoms with Crippen molar-refractivity contribution >= 4 is 33.7 Å². The number of rotatable bonds is 8. The Hall–Kier alpha value is -4.96. The summed E-state index contributed by atoms with van der Waals surface area (Å²) in [6.45, 7) is 0. The molecule has 5 N–H and O–H groups in total. The Labute approximate surface area is 242 Å². The number of esters is 1. The maximum Gasteiger partial charge on any atom is 0.328 e. The molecule has 3 aromatic carbocycles. The number of benzene rings is 3. The van der Waals surface area contributed by atoms with Crippen LogP contribution in [0.1, 0.15) is 28.4 Å². The van der Waals surface area contributed by atoms with E-state index in [9.17, 15) is 14.7 Å². The summed E-state index contributed by atoms with van der Waals surface area (Å²) >= 11 is 0. The number of aromatic hydroxyl groups is 1. The molecule has 42 heavy (non-hydrogen) atoms. The monoisotopic (exact) mass is 568 g/mol. The Kier molecular flexibility index (Phi) is 7.22. The van der Waals surface area contributed by atoms with E-state index in [0.29, 0.717) is 6.42 Å². The average molecular weight is 569 g/mol. The molecule has 0 radical (unpaired) electrons. The van der Waals surface area contributed by atoms with Crippen molar-refractivity contribution in [1.29, 1.82) is 0 Å². The van der Waals surface area contributed by atoms with Crippen molar-refractivity contribution < 1.29 is 28.9 Å². The van der Waals surface area contributed by atoms with Gasteiger partial charge in [-0.1, -0.05) is 36.4 Å². The molecular weight excluding hydrogens is 536 g/mol. The first kappa shape index (κ1) is 27.2. The summed E-state index contributed by atoms with van der Waals surface area (Å²) in [5.41, 5.74) is 5.42. The predicted octanol–water partition coefficient (Wildman–Crippen LogP) is 3.88. The molecule has 0 bridgehead atoms. The number of amides is 1. The summed E-state index contributed by atoms with van der Waals surface area (Å²) in [6.07, 6.45) is 2.52. The van der Waals surface area contributed by atoms with Crippen molar-refractivity contribution in [2.24, 2.45) is 0 Å². The number of hydrogen-bond donors (Lipinski definition) is 5. The number of ether oxygens (including phenoxy) is 3. The van der Waals surface area contributed by atoms with Crippen LogP contribution in [-0.4, -0.2) is 60.4 Å². The second kappa shape index (κ2) is 11.1. The molecule has 0 saturated heterocycles. The third-order valence-corrected chi connectivity index (χ3v) is 7.96. The van der Waals surface area contributed by atoms with Gasteiger partial charge in [-0.2, -0.15) is 0 Å². The quantitative estimate of drug-likeness (QED) is 0.179. The number of phenolic OH excluding ortho intramolecular Hbond substituents is 1. The average Bonchev–Trinajstić information content (AvgIpc) is 3.61. The number of hydrogen-bond acceptors (Lipinski definition) is 7. The molecule has 0 fully saturated rings. The molecule has 0 saturated carbocycles. The van der Waals surface area contributed by atoms with Crippen LogP contribution in [0, 0.1) is 0 Å². The van der Waals surface area contributed by atoms with Gasteiger partial charge in [-0.05, 0) is 47.4 Å². The van der Waals surface area contributed by atoms with Crippen molar-refractivity contribution in [2.75, 3.05) is 21.3 Å². The topological polar surface area (TPSA) is 138 Å². The fourth-order valence-corrected chi connectivity index (χ4v) is 5.87. The highest BCUT2D eigenvalue weighted by Crippen LogP contribution is 2.42. The number of aromatic nitrogens is 2. The standard InChI is InChI=1S/C32H32N4O6/c1-40-26-13-17(14-27(41-2)30(26)37)28-29-21(20-9-5-7-11-23(20)34-29)15-24(35-28)31(38)36-25(32(39)42-3)12-18-16-33-22-10-6-4-8-19(18)22/h4-11,13-14,16,24-25,28,33-35,37H,12,15H2,1-3H3,(H,36,38)/t24-,25-,28+/m0/s1. The van der Waals surface area contributed by atoms with E-state index in [0.717, 1.165) is 44.2 Å². The SMILES string of the molecule is COC(=O)[C@H](Cc1c[nH]c2ccccc12)NC(=O)[C@@H]1Cc2c([nH]c3ccccc23)[C@@H](c2cc(OC)c(O)c(OC)c2)N1. The zero-order chi connectivity index (χ0) is 29.4. The summed E-state index contributed by atoms with van der Waals surface area (Å²) in [5, 5.41) is 18.9. The zero-order valence-corrected chi connectivity index (χ0v) is 23.5. The molecular formula is C32H32N4O6. The second-order valence-corrected chi connectivity index (χ2v) is 10.3. The Morgan fingerprint density at radius 2 is 1.64 bits per heavy atom. The van der Waals surface area contributed by atoms with Crippen LogP contribution in [0.5, 0.6) is 17.2 Å². The normalized spacial score (nSPS) is 17.0. The number of carbonyl (C=O) groups excluding carboxylic acids is 2. The zero-order valence-electron chi connectivity index (χ0n) is 23.5. The molecule has 1 aliphatic rings. The van der Waals surface area contributed by atoms with E-state index in [2.05, 4.69) is 20.6 Å². The van der Waals surface area contributed by atoms with Gasteiger partial charge in [0.15, 0.2) is 11.5 Å². The molecule has 2 aromatic heterocycles. The highest BCUT2D eigenvalue weighted by molar-refractivity contribution is 5.91. The van der Waals surface area contributed by atoms with E-state index >= 15 is 0 Å². The van der Waals surface area contributed by atoms with E-state index in [1.165, 1.54) is 21.3 Å². The van der Waals surface area contributed by atoms with E-state index < -0.39 is 24.1 Å². The summed E-state index contributed by atoms with van der Waals surface area (Å²) < 4.78 is 15.9. The maximum atomic E-state index is 13.9. The lowest BCUT2D eigenvalue weighted by Crippen LogP contribution is -2.54. The van der Waals surface area contributed by atoms with Gasteiger partial charge < -0.3 is 34.6 Å². The maximum absolute atomic E-state index is 13.9. The van der Waals surface area contributed by atoms with Crippen molar-refractivity contribution in [2.45, 2.75) is 31.0 Å². The predicted molar refractivity (Wildman–Crippen MR) is 158 cm³/mol. The Balaban J connectivity index is 1.35. The molecule has 5 aromatic rings. The molecule has 10 nitrogen and oxygen atoms in total. The van der Waals surface area contributed by atoms with Crippen LogP contribution in [0.15, 0.2) is 66.9 Å². The lowest BCUT2D eigenvalue weighted by molar-refractivity contribution is -0.145. The minimum atomic E-state index is -0.889. The van der Waals surface area contributed by atoms with Gasteiger partial charge in [-0.25, -0.2) is 4.79 Å². The van der Waals surface area contributed by atoms with Crippen molar-refractivity contribution in [3.63, 3.8) is 0 Å². The number of H-pyrrole nitrogens is 2. The van der Waals surface area contributed by atoms with Crippen LogP contribution in [0.4, 0.5) is 0 Å². The number of phenols is 1. The fourth-order valence-electron chi connectivity index (χ4n) is 5.87. The van der Waals surface area contributed by atoms with Gasteiger partial charge in [0.2, 0.25) is 11.7 Å². The van der Waals surface area contributed by atoms with Gasteiger partial charge in [-0.3, -0.25) is 10.1 Å². The molecule has 216 valence electrons. The molecule has 0 unspecified atom stereocenters. The van der Waals surface area contributed by atoms with Crippen LogP contribution < -0.4 is 20.1 Å². The molecule has 3 atom stereocenters. The molecule has 6 rings (SSSR count). The van der Waals surface area contributed by atoms with Gasteiger partial charge in [0.25, 0.3) is 0 Å². The summed E-state index contributed by atoms with van der Waals surface area (Å²) in [7, 11) is 4.26. The smallest absolute Gasteiger partial charge is 0.328 e. The van der Waals surface area contributed by atoms with Crippen LogP contribution >= 0.6 is 0 Å². The number of fused-ring (bicyclic) bond motifs is 4. The van der Waals surface area contributed by atoms with Gasteiger partial charge in [0.05, 0.1) is 33.4 Å². The summed E-state index contributed by atoms with van der Waals surface area (Å²) in [4.78, 5) is 33.5. The van der Waals surface area contributed by atoms with Crippen LogP contribution in [0.25, 0.3) is 21.8 Å². The van der Waals surface area contributed by atoms with Gasteiger partial charge in [0.1, 0.15) is 6.04 Å². The summed E-state index contributed by atoms with van der Waals surface area (Å²) in [6, 6.07) is 17.1. The van der Waals surface area contributed by atoms with Crippen LogP contribution in [-0.2, 0) is 27.2 Å². The van der Waals surface area contributed by atoms with Crippen molar-refractivity contribution in [3.8, 4) is 17.2 Å². The van der Waals surface area contributed by atoms with E-state index in [4.69, 9.17) is 14.2 Å². The number of para-hydroxylation sites is 2. The fraction of sp³-hybridized carbons (Fsp3) is 0.250. The molecule has 0 spiro atoms. The first-order valence-electron chi connectivity index (χ1n) is 13.7. The highest BCUT2D eigenvalue weighted by Gasteiger charge is 2.36. The van der Waals surface area contributed by atoms with E-state index in [1.807, 2.05) is 54.7 Å². The Bertz CT molecular complexity index is 1770. The van der Waals surface area contributed by atoms with Gasteiger partial charge in [0, 0.05) is 40.1 Å². The minimum absolute atomic E-state index is 0.107. The second-order valence-electron chi connectivity index (χ2n) is 10.3. The molecule has 3 heterocycles. The first-order valence-corrected chi connectivity index (χ1v) is 13.7. The van der Waals surface area contributed by atoms with E-state index in [1.54, 1.807) is 12.1 Å². The van der Waals surface area contributed by atoms with Gasteiger partial charge in [-0.15, -0.1) is 0 Å². The van der Waals surface area contributed by atoms with Crippen molar-refractivity contribution in [1.82, 2.24) is 20.6 Å². The number of aromatic amines is 2. The Morgan fingerprint density at radius 3 is 2.33 bits per heavy atom. The number of carbonyl (C=O) groups is 2. The molecule has 1 aliphatic heterocycles. The molecule has 1 amide bonds. The lowest BCUT2D eigenvalue weighted by Gasteiger charge is -2.32. The van der Waals surface area contributed by atoms with Crippen LogP contribution in [0.3, 0.4) is 0 Å². The first-order chi connectivity index (χ1) is 20.4. The highest BCUT2D eigenvalue weighted by atomic mass is 16.5. The third kappa shape index (κ3) is 4.79. The number of methoxy groups -OCH3 is 3. The summed E-state index contributed by atoms with van der Waals surface area (Å²) in [5.74, 6) is -0.464. The molecule has 0 aliphatic carbocycles. The van der Waals surface area contributed by atoms with Crippen LogP contribution in [0.2, 0.25) is 0 Å². The molecule has 10 heteroatoms. The lowest BCUT2D eigenvalue weighted by atomic mass is 9.89. The van der Waals surface area contributed by atoms with E-state index in [-0.39, 0.29) is 29.6 Å². The largest absolute Gasteiger partial charge is 0.502 e. The van der Waals surface area contributed by atoms with Gasteiger partial charge >= 0.3 is 5.97 Å². The minimum Gasteiger partial charge on any atom is -0.502 e. The Morgan fingerprint density at radius 1 is 0.976 bits per heavy atom. The number of nitrogens with one attached hydrogen (secondary N) is 4.